The molecular formula is C22H21ClFN5O. The van der Waals surface area contributed by atoms with Crippen LogP contribution in [-0.2, 0) is 0 Å². The van der Waals surface area contributed by atoms with Crippen LogP contribution in [0.1, 0.15) is 5.56 Å². The number of benzene rings is 2. The van der Waals surface area contributed by atoms with E-state index in [4.69, 9.17) is 11.6 Å². The quantitative estimate of drug-likeness (QED) is 0.666. The van der Waals surface area contributed by atoms with Gasteiger partial charge in [0.15, 0.2) is 5.82 Å². The predicted molar refractivity (Wildman–Crippen MR) is 116 cm³/mol. The molecule has 3 aromatic rings. The van der Waals surface area contributed by atoms with Gasteiger partial charge < -0.3 is 15.1 Å². The van der Waals surface area contributed by atoms with Crippen LogP contribution in [0.25, 0.3) is 11.3 Å². The minimum absolute atomic E-state index is 0.141. The van der Waals surface area contributed by atoms with Crippen molar-refractivity contribution in [1.29, 1.82) is 0 Å². The van der Waals surface area contributed by atoms with Crippen LogP contribution < -0.4 is 10.2 Å². The van der Waals surface area contributed by atoms with Gasteiger partial charge in [-0.2, -0.15) is 0 Å². The Morgan fingerprint density at radius 1 is 1.00 bits per heavy atom. The number of aromatic nitrogens is 2. The number of anilines is 2. The molecule has 0 saturated carbocycles. The Bertz CT molecular complexity index is 1030. The van der Waals surface area contributed by atoms with Crippen molar-refractivity contribution in [3.8, 4) is 11.3 Å². The summed E-state index contributed by atoms with van der Waals surface area (Å²) in [7, 11) is 0. The Kier molecular flexibility index (Phi) is 5.81. The normalized spacial score (nSPS) is 14.0. The van der Waals surface area contributed by atoms with Crippen LogP contribution in [0.15, 0.2) is 54.6 Å². The van der Waals surface area contributed by atoms with Crippen molar-refractivity contribution in [2.24, 2.45) is 0 Å². The fourth-order valence-corrected chi connectivity index (χ4v) is 3.52. The lowest BCUT2D eigenvalue weighted by Gasteiger charge is -2.35. The number of carbonyl (C=O) groups is 1. The molecule has 0 unspecified atom stereocenters. The lowest BCUT2D eigenvalue weighted by molar-refractivity contribution is 0.208. The molecule has 2 heterocycles. The minimum atomic E-state index is -0.282. The molecule has 1 aliphatic heterocycles. The van der Waals surface area contributed by atoms with Crippen molar-refractivity contribution < 1.29 is 9.18 Å². The summed E-state index contributed by atoms with van der Waals surface area (Å²) in [6.45, 7) is 4.35. The molecule has 4 rings (SSSR count). The van der Waals surface area contributed by atoms with E-state index in [1.807, 2.05) is 31.2 Å². The molecule has 0 spiro atoms. The summed E-state index contributed by atoms with van der Waals surface area (Å²) in [6, 6.07) is 15.2. The topological polar surface area (TPSA) is 61.4 Å². The third-order valence-corrected chi connectivity index (χ3v) is 5.60. The van der Waals surface area contributed by atoms with Crippen molar-refractivity contribution in [2.75, 3.05) is 36.4 Å². The second kappa shape index (κ2) is 8.67. The number of rotatable bonds is 3. The van der Waals surface area contributed by atoms with Gasteiger partial charge in [-0.05, 0) is 61.0 Å². The zero-order valence-electron chi connectivity index (χ0n) is 16.5. The zero-order valence-corrected chi connectivity index (χ0v) is 17.2. The third-order valence-electron chi connectivity index (χ3n) is 5.19. The van der Waals surface area contributed by atoms with Crippen LogP contribution in [0.3, 0.4) is 0 Å². The van der Waals surface area contributed by atoms with E-state index in [0.29, 0.717) is 36.9 Å². The van der Waals surface area contributed by atoms with Crippen molar-refractivity contribution in [3.63, 3.8) is 0 Å². The highest BCUT2D eigenvalue weighted by Crippen LogP contribution is 2.24. The number of hydrogen-bond acceptors (Lipinski definition) is 4. The van der Waals surface area contributed by atoms with E-state index in [-0.39, 0.29) is 11.8 Å². The van der Waals surface area contributed by atoms with Gasteiger partial charge in [-0.25, -0.2) is 9.18 Å². The number of hydrogen-bond donors (Lipinski definition) is 1. The van der Waals surface area contributed by atoms with Gasteiger partial charge in [0.25, 0.3) is 0 Å². The number of amides is 2. The lowest BCUT2D eigenvalue weighted by Crippen LogP contribution is -2.50. The predicted octanol–water partition coefficient (Wildman–Crippen LogP) is 4.60. The van der Waals surface area contributed by atoms with Crippen LogP contribution in [0.4, 0.5) is 20.7 Å². The Balaban J connectivity index is 1.35. The largest absolute Gasteiger partial charge is 0.352 e. The molecule has 154 valence electrons. The zero-order chi connectivity index (χ0) is 21.1. The smallest absolute Gasteiger partial charge is 0.321 e. The molecule has 0 aliphatic carbocycles. The molecule has 30 heavy (non-hydrogen) atoms. The van der Waals surface area contributed by atoms with Gasteiger partial charge in [0, 0.05) is 42.5 Å². The van der Waals surface area contributed by atoms with Crippen molar-refractivity contribution in [3.05, 3.63) is 71.0 Å². The summed E-state index contributed by atoms with van der Waals surface area (Å²) in [6.07, 6.45) is 0. The molecule has 1 saturated heterocycles. The summed E-state index contributed by atoms with van der Waals surface area (Å²) in [5.74, 6) is 0.474. The number of nitrogens with one attached hydrogen (secondary N) is 1. The van der Waals surface area contributed by atoms with E-state index in [1.54, 1.807) is 23.1 Å². The molecule has 2 amide bonds. The molecule has 0 radical (unpaired) electrons. The summed E-state index contributed by atoms with van der Waals surface area (Å²) < 4.78 is 13.1. The van der Waals surface area contributed by atoms with Gasteiger partial charge >= 0.3 is 6.03 Å². The number of piperazine rings is 1. The van der Waals surface area contributed by atoms with E-state index in [9.17, 15) is 9.18 Å². The first-order chi connectivity index (χ1) is 14.5. The highest BCUT2D eigenvalue weighted by molar-refractivity contribution is 6.31. The molecular weight excluding hydrogens is 405 g/mol. The average molecular weight is 426 g/mol. The second-order valence-corrected chi connectivity index (χ2v) is 7.51. The van der Waals surface area contributed by atoms with Gasteiger partial charge in [0.05, 0.1) is 5.69 Å². The van der Waals surface area contributed by atoms with Crippen LogP contribution in [0, 0.1) is 12.7 Å². The maximum atomic E-state index is 13.1. The summed E-state index contributed by atoms with van der Waals surface area (Å²) in [5.41, 5.74) is 3.07. The first-order valence-electron chi connectivity index (χ1n) is 9.67. The Morgan fingerprint density at radius 3 is 2.40 bits per heavy atom. The highest BCUT2D eigenvalue weighted by Gasteiger charge is 2.22. The molecule has 0 atom stereocenters. The van der Waals surface area contributed by atoms with Crippen LogP contribution in [-0.4, -0.2) is 47.3 Å². The van der Waals surface area contributed by atoms with Crippen molar-refractivity contribution in [1.82, 2.24) is 15.1 Å². The Hall–Kier alpha value is -3.19. The van der Waals surface area contributed by atoms with E-state index in [0.717, 1.165) is 22.6 Å². The van der Waals surface area contributed by atoms with E-state index in [2.05, 4.69) is 20.4 Å². The fourth-order valence-electron chi connectivity index (χ4n) is 3.34. The number of carbonyl (C=O) groups excluding carboxylic acids is 1. The van der Waals surface area contributed by atoms with Gasteiger partial charge in [-0.3, -0.25) is 0 Å². The third kappa shape index (κ3) is 4.36. The van der Waals surface area contributed by atoms with Gasteiger partial charge in [-0.15, -0.1) is 10.2 Å². The SMILES string of the molecule is Cc1c(Cl)cccc1NC(=O)N1CCN(c2ccc(-c3ccc(F)cc3)nn2)CC1. The van der Waals surface area contributed by atoms with Crippen LogP contribution in [0.2, 0.25) is 5.02 Å². The summed E-state index contributed by atoms with van der Waals surface area (Å²) in [4.78, 5) is 16.5. The second-order valence-electron chi connectivity index (χ2n) is 7.10. The minimum Gasteiger partial charge on any atom is -0.352 e. The summed E-state index contributed by atoms with van der Waals surface area (Å²) in [5, 5.41) is 12.1. The number of halogens is 2. The molecule has 8 heteroatoms. The molecule has 1 aliphatic rings. The molecule has 6 nitrogen and oxygen atoms in total. The molecule has 1 aromatic heterocycles. The lowest BCUT2D eigenvalue weighted by atomic mass is 10.1. The molecule has 0 bridgehead atoms. The van der Waals surface area contributed by atoms with Crippen molar-refractivity contribution >= 4 is 29.1 Å². The van der Waals surface area contributed by atoms with Gasteiger partial charge in [-0.1, -0.05) is 17.7 Å². The van der Waals surface area contributed by atoms with Crippen LogP contribution in [0.5, 0.6) is 0 Å². The average Bonchev–Trinajstić information content (AvgIpc) is 2.78. The van der Waals surface area contributed by atoms with E-state index < -0.39 is 0 Å². The molecule has 1 fully saturated rings. The van der Waals surface area contributed by atoms with E-state index >= 15 is 0 Å². The number of nitrogens with zero attached hydrogens (tertiary/aromatic N) is 4. The molecule has 2 aromatic carbocycles. The van der Waals surface area contributed by atoms with Crippen molar-refractivity contribution in [2.45, 2.75) is 6.92 Å². The maximum absolute atomic E-state index is 13.1. The van der Waals surface area contributed by atoms with Gasteiger partial charge in [0.2, 0.25) is 0 Å². The number of urea groups is 1. The first kappa shape index (κ1) is 20.1. The Labute approximate surface area is 179 Å². The monoisotopic (exact) mass is 425 g/mol. The Morgan fingerprint density at radius 2 is 1.73 bits per heavy atom. The maximum Gasteiger partial charge on any atom is 0.321 e. The first-order valence-corrected chi connectivity index (χ1v) is 10.0. The van der Waals surface area contributed by atoms with Gasteiger partial charge in [0.1, 0.15) is 5.82 Å². The fraction of sp³-hybridized carbons (Fsp3) is 0.227. The van der Waals surface area contributed by atoms with Crippen LogP contribution >= 0.6 is 11.6 Å². The van der Waals surface area contributed by atoms with E-state index in [1.165, 1.54) is 12.1 Å². The highest BCUT2D eigenvalue weighted by atomic mass is 35.5. The summed E-state index contributed by atoms with van der Waals surface area (Å²) >= 11 is 6.13. The molecule has 1 N–H and O–H groups in total. The standard InChI is InChI=1S/C22H21ClFN5O/c1-15-18(23)3-2-4-19(15)25-22(30)29-13-11-28(12-14-29)21-10-9-20(26-27-21)16-5-7-17(24)8-6-16/h2-10H,11-14H2,1H3,(H,25,30).